The maximum absolute atomic E-state index is 12.6. The van der Waals surface area contributed by atoms with Crippen LogP contribution in [-0.2, 0) is 0 Å². The molecule has 3 heterocycles. The molecule has 9 heteroatoms. The highest BCUT2D eigenvalue weighted by atomic mass is 16.5. The summed E-state index contributed by atoms with van der Waals surface area (Å²) < 4.78 is 5.47. The van der Waals surface area contributed by atoms with E-state index in [4.69, 9.17) is 4.74 Å². The van der Waals surface area contributed by atoms with E-state index in [-0.39, 0.29) is 11.6 Å². The number of nitrogens with one attached hydrogen (secondary N) is 4. The van der Waals surface area contributed by atoms with Crippen LogP contribution in [0, 0.1) is 6.92 Å². The van der Waals surface area contributed by atoms with Crippen molar-refractivity contribution in [1.82, 2.24) is 20.2 Å². The number of hydrogen-bond donors (Lipinski definition) is 5. The van der Waals surface area contributed by atoms with E-state index >= 15 is 0 Å². The van der Waals surface area contributed by atoms with Crippen LogP contribution in [0.5, 0.6) is 11.5 Å². The smallest absolute Gasteiger partial charge is 0.327 e. The molecule has 1 atom stereocenters. The largest absolute Gasteiger partial charge is 0.504 e. The van der Waals surface area contributed by atoms with Crippen molar-refractivity contribution in [2.75, 3.05) is 11.9 Å². The van der Waals surface area contributed by atoms with E-state index in [9.17, 15) is 14.7 Å². The monoisotopic (exact) mass is 355 g/mol. The Kier molecular flexibility index (Phi) is 3.57. The van der Waals surface area contributed by atoms with Crippen LogP contribution < -0.4 is 21.3 Å². The molecule has 0 amide bonds. The minimum Gasteiger partial charge on any atom is -0.504 e. The average molecular weight is 355 g/mol. The van der Waals surface area contributed by atoms with Gasteiger partial charge in [-0.3, -0.25) is 19.9 Å². The van der Waals surface area contributed by atoms with E-state index in [0.29, 0.717) is 29.3 Å². The number of para-hydroxylation sites is 1. The number of aromatic nitrogens is 4. The summed E-state index contributed by atoms with van der Waals surface area (Å²) in [6.07, 6.45) is 0. The van der Waals surface area contributed by atoms with Crippen molar-refractivity contribution in [3.63, 3.8) is 0 Å². The molecule has 0 aliphatic carbocycles. The second-order valence-electron chi connectivity index (χ2n) is 5.99. The number of hydrogen-bond acceptors (Lipinski definition) is 6. The average Bonchev–Trinajstić information content (AvgIpc) is 2.96. The number of anilines is 2. The van der Waals surface area contributed by atoms with Gasteiger partial charge < -0.3 is 15.2 Å². The summed E-state index contributed by atoms with van der Waals surface area (Å²) in [6.45, 7) is 4.04. The highest BCUT2D eigenvalue weighted by Crippen LogP contribution is 2.47. The summed E-state index contributed by atoms with van der Waals surface area (Å²) in [4.78, 5) is 29.1. The first-order chi connectivity index (χ1) is 12.5. The molecule has 1 aliphatic rings. The van der Waals surface area contributed by atoms with E-state index in [1.54, 1.807) is 18.2 Å². The second kappa shape index (κ2) is 5.80. The quantitative estimate of drug-likeness (QED) is 0.377. The van der Waals surface area contributed by atoms with Gasteiger partial charge in [-0.05, 0) is 19.9 Å². The third kappa shape index (κ3) is 2.28. The molecule has 2 aromatic heterocycles. The van der Waals surface area contributed by atoms with E-state index in [1.807, 2.05) is 13.8 Å². The van der Waals surface area contributed by atoms with Gasteiger partial charge in [0.25, 0.3) is 5.56 Å². The van der Waals surface area contributed by atoms with Crippen LogP contribution in [0.25, 0.3) is 0 Å². The Morgan fingerprint density at radius 2 is 2.04 bits per heavy atom. The molecule has 0 saturated heterocycles. The number of phenolic OH excluding ortho intramolecular Hbond substituents is 1. The normalized spacial score (nSPS) is 15.1. The maximum atomic E-state index is 12.6. The van der Waals surface area contributed by atoms with E-state index in [2.05, 4.69) is 25.5 Å². The van der Waals surface area contributed by atoms with Crippen molar-refractivity contribution in [3.8, 4) is 11.5 Å². The molecule has 0 unspecified atom stereocenters. The molecule has 134 valence electrons. The molecule has 5 N–H and O–H groups in total. The maximum Gasteiger partial charge on any atom is 0.327 e. The summed E-state index contributed by atoms with van der Waals surface area (Å²) in [5.41, 5.74) is 1.10. The zero-order valence-corrected chi connectivity index (χ0v) is 14.1. The zero-order valence-electron chi connectivity index (χ0n) is 14.1. The van der Waals surface area contributed by atoms with Gasteiger partial charge in [-0.2, -0.15) is 5.10 Å². The van der Waals surface area contributed by atoms with Crippen molar-refractivity contribution in [1.29, 1.82) is 0 Å². The van der Waals surface area contributed by atoms with E-state index in [1.165, 1.54) is 0 Å². The summed E-state index contributed by atoms with van der Waals surface area (Å²) in [7, 11) is 0. The van der Waals surface area contributed by atoms with Gasteiger partial charge in [0.2, 0.25) is 0 Å². The Labute approximate surface area is 147 Å². The Morgan fingerprint density at radius 3 is 2.81 bits per heavy atom. The van der Waals surface area contributed by atoms with Crippen LogP contribution in [0.2, 0.25) is 0 Å². The minimum atomic E-state index is -0.624. The Balaban J connectivity index is 2.03. The molecule has 9 nitrogen and oxygen atoms in total. The third-order valence-corrected chi connectivity index (χ3v) is 4.44. The van der Waals surface area contributed by atoms with E-state index in [0.717, 1.165) is 11.3 Å². The van der Waals surface area contributed by atoms with Crippen molar-refractivity contribution in [3.05, 3.63) is 61.4 Å². The van der Waals surface area contributed by atoms with Crippen molar-refractivity contribution >= 4 is 11.6 Å². The predicted octanol–water partition coefficient (Wildman–Crippen LogP) is 1.44. The Hall–Kier alpha value is -3.49. The molecule has 0 radical (unpaired) electrons. The van der Waals surface area contributed by atoms with Gasteiger partial charge in [-0.1, -0.05) is 12.1 Å². The first kappa shape index (κ1) is 16.0. The van der Waals surface area contributed by atoms with Crippen molar-refractivity contribution in [2.45, 2.75) is 19.8 Å². The third-order valence-electron chi connectivity index (χ3n) is 4.44. The Bertz CT molecular complexity index is 1110. The number of fused-ring (bicyclic) bond motifs is 2. The highest BCUT2D eigenvalue weighted by molar-refractivity contribution is 5.72. The van der Waals surface area contributed by atoms with Gasteiger partial charge in [0.1, 0.15) is 5.82 Å². The summed E-state index contributed by atoms with van der Waals surface area (Å²) in [5, 5.41) is 20.8. The van der Waals surface area contributed by atoms with Crippen LogP contribution >= 0.6 is 0 Å². The van der Waals surface area contributed by atoms with Gasteiger partial charge in [0.05, 0.1) is 18.1 Å². The van der Waals surface area contributed by atoms with Gasteiger partial charge >= 0.3 is 5.69 Å². The molecule has 0 saturated carbocycles. The molecule has 1 aliphatic heterocycles. The number of benzene rings is 1. The summed E-state index contributed by atoms with van der Waals surface area (Å²) >= 11 is 0. The summed E-state index contributed by atoms with van der Waals surface area (Å²) in [5.74, 6) is 0.394. The topological polar surface area (TPSA) is 136 Å². The standard InChI is InChI=1S/C17H17N5O4/c1-3-26-9-6-4-5-8(13(9)23)11-10-7(2)21-22-15(10)18-14-12(11)16(24)20-17(25)19-14/h4-6,11,23H,3H2,1-2H3,(H4,18,19,20,21,22,24,25)/t11-/m0/s1. The number of aromatic hydroxyl groups is 1. The second-order valence-corrected chi connectivity index (χ2v) is 5.99. The first-order valence-corrected chi connectivity index (χ1v) is 8.14. The molecule has 1 aromatic carbocycles. The number of nitrogens with zero attached hydrogens (tertiary/aromatic N) is 1. The van der Waals surface area contributed by atoms with Gasteiger partial charge in [0.15, 0.2) is 17.3 Å². The number of aryl methyl sites for hydroxylation is 1. The molecule has 4 rings (SSSR count). The lowest BCUT2D eigenvalue weighted by molar-refractivity contribution is 0.316. The molecule has 26 heavy (non-hydrogen) atoms. The fourth-order valence-electron chi connectivity index (χ4n) is 3.37. The van der Waals surface area contributed by atoms with Gasteiger partial charge in [-0.15, -0.1) is 0 Å². The zero-order chi connectivity index (χ0) is 18.4. The van der Waals surface area contributed by atoms with E-state index < -0.39 is 17.2 Å². The molecule has 3 aromatic rings. The SMILES string of the molecule is CCOc1cccc([C@H]2c3c(n[nH]c3C)Nc3[nH]c(=O)[nH]c(=O)c32)c1O. The van der Waals surface area contributed by atoms with Gasteiger partial charge in [0, 0.05) is 16.8 Å². The van der Waals surface area contributed by atoms with Crippen LogP contribution in [0.1, 0.15) is 35.2 Å². The lowest BCUT2D eigenvalue weighted by Gasteiger charge is -2.26. The molecular weight excluding hydrogens is 338 g/mol. The number of rotatable bonds is 3. The van der Waals surface area contributed by atoms with Gasteiger partial charge in [-0.25, -0.2) is 4.79 Å². The lowest BCUT2D eigenvalue weighted by atomic mass is 9.83. The molecular formula is C17H17N5O4. The van der Waals surface area contributed by atoms with Crippen LogP contribution in [0.15, 0.2) is 27.8 Å². The van der Waals surface area contributed by atoms with Crippen LogP contribution in [0.3, 0.4) is 0 Å². The van der Waals surface area contributed by atoms with Crippen LogP contribution in [0.4, 0.5) is 11.6 Å². The summed E-state index contributed by atoms with van der Waals surface area (Å²) in [6, 6.07) is 5.12. The van der Waals surface area contributed by atoms with Crippen LogP contribution in [-0.4, -0.2) is 31.9 Å². The highest BCUT2D eigenvalue weighted by Gasteiger charge is 2.35. The lowest BCUT2D eigenvalue weighted by Crippen LogP contribution is -2.31. The van der Waals surface area contributed by atoms with Crippen molar-refractivity contribution in [2.24, 2.45) is 0 Å². The fourth-order valence-corrected chi connectivity index (χ4v) is 3.37. The minimum absolute atomic E-state index is 0.0515. The van der Waals surface area contributed by atoms with Crippen molar-refractivity contribution < 1.29 is 9.84 Å². The number of ether oxygens (including phenoxy) is 1. The predicted molar refractivity (Wildman–Crippen MR) is 94.5 cm³/mol. The first-order valence-electron chi connectivity index (χ1n) is 8.14. The Morgan fingerprint density at radius 1 is 1.23 bits per heavy atom. The number of phenols is 1. The fraction of sp³-hybridized carbons (Fsp3) is 0.235. The molecule has 0 fully saturated rings. The molecule has 0 spiro atoms. The number of H-pyrrole nitrogens is 3. The number of aromatic amines is 3. The molecule has 0 bridgehead atoms.